The number of aromatic nitrogens is 2. The molecule has 1 aliphatic rings. The maximum absolute atomic E-state index is 6.16. The molecule has 10 heteroatoms. The highest BCUT2D eigenvalue weighted by molar-refractivity contribution is 7.58. The molecule has 2 aromatic rings. The molecule has 0 spiro atoms. The monoisotopic (exact) mass is 330 g/mol. The Morgan fingerprint density at radius 1 is 1.25 bits per heavy atom. The van der Waals surface area contributed by atoms with Crippen molar-refractivity contribution in [2.24, 2.45) is 14.5 Å². The number of nitrogens with zero attached hydrogens (tertiary/aromatic N) is 4. The van der Waals surface area contributed by atoms with Crippen molar-refractivity contribution < 1.29 is 4.42 Å². The van der Waals surface area contributed by atoms with E-state index in [1.807, 2.05) is 0 Å². The molecule has 20 heavy (non-hydrogen) atoms. The molecule has 0 bridgehead atoms. The molecule has 0 fully saturated rings. The van der Waals surface area contributed by atoms with Crippen LogP contribution < -0.4 is 11.1 Å². The van der Waals surface area contributed by atoms with Crippen molar-refractivity contribution in [1.29, 1.82) is 0 Å². The number of nitrogens with one attached hydrogen (secondary N) is 1. The number of rotatable bonds is 3. The summed E-state index contributed by atoms with van der Waals surface area (Å²) in [5.74, 6) is 0.324. The van der Waals surface area contributed by atoms with E-state index in [2.05, 4.69) is 24.2 Å². The van der Waals surface area contributed by atoms with Crippen LogP contribution in [0.4, 0.5) is 23.1 Å². The van der Waals surface area contributed by atoms with Crippen molar-refractivity contribution in [1.82, 2.24) is 10.2 Å². The third-order valence-corrected chi connectivity index (χ3v) is 3.62. The fourth-order valence-corrected chi connectivity index (χ4v) is 2.73. The van der Waals surface area contributed by atoms with E-state index < -0.39 is 0 Å². The standard InChI is InChI=1S/C10H8Cl2N6OS/c1-3(13)9-15-16-10(19-9)14-6-4(11)2-5(12)7-8(6)18-20-17-7/h2-3H,13H2,1H3,(H,14,16). The fourth-order valence-electron chi connectivity index (χ4n) is 1.57. The minimum absolute atomic E-state index is 0.177. The van der Waals surface area contributed by atoms with Crippen molar-refractivity contribution in [2.45, 2.75) is 13.0 Å². The molecule has 0 saturated heterocycles. The summed E-state index contributed by atoms with van der Waals surface area (Å²) in [6, 6.07) is 1.41. The van der Waals surface area contributed by atoms with E-state index in [1.165, 1.54) is 0 Å². The van der Waals surface area contributed by atoms with E-state index in [0.29, 0.717) is 33.0 Å². The number of benzene rings is 1. The molecule has 1 aliphatic heterocycles. The van der Waals surface area contributed by atoms with Crippen molar-refractivity contribution in [3.63, 3.8) is 0 Å². The average Bonchev–Trinajstić information content (AvgIpc) is 3.03. The number of hydrogen-bond donors (Lipinski definition) is 2. The van der Waals surface area contributed by atoms with Crippen LogP contribution >= 0.6 is 23.2 Å². The molecule has 2 heterocycles. The Bertz CT molecular complexity index is 752. The van der Waals surface area contributed by atoms with E-state index in [1.54, 1.807) is 13.0 Å². The second kappa shape index (κ2) is 5.13. The summed E-state index contributed by atoms with van der Waals surface area (Å²) in [6.07, 6.45) is 0. The highest BCUT2D eigenvalue weighted by Gasteiger charge is 2.20. The van der Waals surface area contributed by atoms with Gasteiger partial charge in [-0.15, -0.1) is 5.10 Å². The van der Waals surface area contributed by atoms with Crippen molar-refractivity contribution in [2.75, 3.05) is 5.32 Å². The van der Waals surface area contributed by atoms with Gasteiger partial charge in [0.25, 0.3) is 0 Å². The highest BCUT2D eigenvalue weighted by Crippen LogP contribution is 2.48. The Hall–Kier alpha value is -1.48. The lowest BCUT2D eigenvalue weighted by Crippen LogP contribution is -2.04. The molecular formula is C10H8Cl2N6OS. The summed E-state index contributed by atoms with van der Waals surface area (Å²) < 4.78 is 13.6. The highest BCUT2D eigenvalue weighted by atomic mass is 35.5. The topological polar surface area (TPSA) is 102 Å². The molecule has 0 aliphatic carbocycles. The molecule has 0 saturated carbocycles. The number of nitrogens with two attached hydrogens (primary N) is 1. The molecule has 0 amide bonds. The quantitative estimate of drug-likeness (QED) is 0.758. The smallest absolute Gasteiger partial charge is 0.320 e. The van der Waals surface area contributed by atoms with Gasteiger partial charge in [-0.2, -0.15) is 8.73 Å². The summed E-state index contributed by atoms with van der Waals surface area (Å²) in [5.41, 5.74) is 7.28. The van der Waals surface area contributed by atoms with Gasteiger partial charge in [0, 0.05) is 0 Å². The van der Waals surface area contributed by atoms with Crippen molar-refractivity contribution >= 4 is 57.6 Å². The van der Waals surface area contributed by atoms with E-state index in [9.17, 15) is 0 Å². The van der Waals surface area contributed by atoms with Gasteiger partial charge in [0.1, 0.15) is 11.4 Å². The summed E-state index contributed by atoms with van der Waals surface area (Å²) in [4.78, 5) is 0. The van der Waals surface area contributed by atoms with Crippen molar-refractivity contribution in [3.05, 3.63) is 22.0 Å². The Morgan fingerprint density at radius 2 is 2.00 bits per heavy atom. The Morgan fingerprint density at radius 3 is 2.70 bits per heavy atom. The normalized spacial score (nSPS) is 14.0. The van der Waals surface area contributed by atoms with Gasteiger partial charge in [-0.3, -0.25) is 0 Å². The predicted molar refractivity (Wildman–Crippen MR) is 78.2 cm³/mol. The van der Waals surface area contributed by atoms with Crippen LogP contribution in [0.2, 0.25) is 10.0 Å². The lowest BCUT2D eigenvalue weighted by molar-refractivity contribution is 0.475. The lowest BCUT2D eigenvalue weighted by Gasteiger charge is -2.08. The molecule has 1 aromatic carbocycles. The maximum atomic E-state index is 6.16. The molecule has 1 aromatic heterocycles. The van der Waals surface area contributed by atoms with Gasteiger partial charge < -0.3 is 15.5 Å². The minimum Gasteiger partial charge on any atom is -0.406 e. The van der Waals surface area contributed by atoms with Gasteiger partial charge in [0.05, 0.1) is 33.1 Å². The van der Waals surface area contributed by atoms with Crippen molar-refractivity contribution in [3.8, 4) is 0 Å². The average molecular weight is 331 g/mol. The number of halogens is 2. The van der Waals surface area contributed by atoms with Crippen LogP contribution in [0.3, 0.4) is 0 Å². The first-order valence-corrected chi connectivity index (χ1v) is 7.01. The summed E-state index contributed by atoms with van der Waals surface area (Å²) in [7, 11) is 0. The van der Waals surface area contributed by atoms with E-state index in [0.717, 1.165) is 11.4 Å². The molecule has 0 radical (unpaired) electrons. The van der Waals surface area contributed by atoms with Gasteiger partial charge in [0.2, 0.25) is 5.89 Å². The van der Waals surface area contributed by atoms with Crippen LogP contribution in [-0.2, 0) is 11.4 Å². The molecule has 104 valence electrons. The Labute approximate surface area is 127 Å². The van der Waals surface area contributed by atoms with E-state index in [4.69, 9.17) is 33.4 Å². The van der Waals surface area contributed by atoms with Crippen LogP contribution in [-0.4, -0.2) is 10.2 Å². The summed E-state index contributed by atoms with van der Waals surface area (Å²) in [5, 5.41) is 11.4. The van der Waals surface area contributed by atoms with Gasteiger partial charge >= 0.3 is 6.01 Å². The van der Waals surface area contributed by atoms with Gasteiger partial charge in [-0.1, -0.05) is 28.3 Å². The molecule has 3 rings (SSSR count). The van der Waals surface area contributed by atoms with Crippen LogP contribution in [0.15, 0.2) is 19.2 Å². The summed E-state index contributed by atoms with van der Waals surface area (Å²) >= 11 is 13.2. The van der Waals surface area contributed by atoms with E-state index in [-0.39, 0.29) is 12.1 Å². The zero-order valence-electron chi connectivity index (χ0n) is 10.1. The number of hydrogen-bond acceptors (Lipinski definition) is 7. The molecule has 7 nitrogen and oxygen atoms in total. The molecule has 1 unspecified atom stereocenters. The molecule has 1 atom stereocenters. The number of fused-ring (bicyclic) bond motifs is 1. The minimum atomic E-state index is -0.348. The first-order chi connectivity index (χ1) is 9.56. The second-order valence-corrected chi connectivity index (χ2v) is 5.38. The maximum Gasteiger partial charge on any atom is 0.320 e. The number of anilines is 2. The van der Waals surface area contributed by atoms with Gasteiger partial charge in [-0.05, 0) is 13.0 Å². The van der Waals surface area contributed by atoms with Crippen LogP contribution in [0.25, 0.3) is 0 Å². The third kappa shape index (κ3) is 2.31. The molecular weight excluding hydrogens is 323 g/mol. The van der Waals surface area contributed by atoms with Crippen LogP contribution in [0.5, 0.6) is 0 Å². The fraction of sp³-hybridized carbons (Fsp3) is 0.200. The Balaban J connectivity index is 1.99. The largest absolute Gasteiger partial charge is 0.406 e. The van der Waals surface area contributed by atoms with Crippen LogP contribution in [0.1, 0.15) is 18.9 Å². The predicted octanol–water partition coefficient (Wildman–Crippen LogP) is 3.87. The third-order valence-electron chi connectivity index (χ3n) is 2.51. The van der Waals surface area contributed by atoms with Crippen LogP contribution in [0, 0.1) is 0 Å². The van der Waals surface area contributed by atoms with Gasteiger partial charge in [-0.25, -0.2) is 0 Å². The first kappa shape index (κ1) is 13.5. The zero-order chi connectivity index (χ0) is 14.3. The Kier molecular flexibility index (Phi) is 3.47. The first-order valence-electron chi connectivity index (χ1n) is 5.52. The molecule has 3 N–H and O–H groups in total. The van der Waals surface area contributed by atoms with Gasteiger partial charge in [0.15, 0.2) is 0 Å². The lowest BCUT2D eigenvalue weighted by atomic mass is 10.2. The summed E-state index contributed by atoms with van der Waals surface area (Å²) in [6.45, 7) is 1.75. The zero-order valence-corrected chi connectivity index (χ0v) is 12.4. The van der Waals surface area contributed by atoms with E-state index >= 15 is 0 Å². The SMILES string of the molecule is CC(N)c1nnc(Nc2c(Cl)cc(Cl)c3c2N=S=N3)o1. The second-order valence-electron chi connectivity index (χ2n) is 4.04.